The minimum atomic E-state index is -0.577. The molecular formula is C17H25BrO. The third kappa shape index (κ3) is 4.06. The first-order valence-corrected chi connectivity index (χ1v) is 7.86. The zero-order valence-electron chi connectivity index (χ0n) is 12.5. The maximum atomic E-state index is 11.1. The number of halogens is 1. The van der Waals surface area contributed by atoms with E-state index in [9.17, 15) is 5.11 Å². The lowest BCUT2D eigenvalue weighted by atomic mass is 9.58. The largest absolute Gasteiger partial charge is 0.390 e. The average Bonchev–Trinajstić information content (AvgIpc) is 2.09. The Balaban J connectivity index is 2.22. The molecule has 1 aromatic carbocycles. The molecule has 0 heterocycles. The lowest BCUT2D eigenvalue weighted by Gasteiger charge is -2.49. The fourth-order valence-corrected chi connectivity index (χ4v) is 4.86. The quantitative estimate of drug-likeness (QED) is 0.815. The van der Waals surface area contributed by atoms with E-state index in [0.717, 1.165) is 23.7 Å². The van der Waals surface area contributed by atoms with Crippen LogP contribution in [0.25, 0.3) is 0 Å². The summed E-state index contributed by atoms with van der Waals surface area (Å²) in [6.45, 7) is 9.11. The molecule has 2 heteroatoms. The Bertz CT molecular complexity index is 446. The molecule has 1 saturated carbocycles. The van der Waals surface area contributed by atoms with Crippen LogP contribution in [-0.2, 0) is 6.42 Å². The van der Waals surface area contributed by atoms with Gasteiger partial charge in [-0.3, -0.25) is 0 Å². The Morgan fingerprint density at radius 1 is 1.05 bits per heavy atom. The lowest BCUT2D eigenvalue weighted by molar-refractivity contribution is -0.0851. The normalized spacial score (nSPS) is 24.1. The highest BCUT2D eigenvalue weighted by Crippen LogP contribution is 2.51. The molecule has 19 heavy (non-hydrogen) atoms. The van der Waals surface area contributed by atoms with Crippen molar-refractivity contribution in [3.63, 3.8) is 0 Å². The molecule has 1 aliphatic rings. The summed E-state index contributed by atoms with van der Waals surface area (Å²) in [5, 5.41) is 11.1. The molecule has 1 aromatic rings. The van der Waals surface area contributed by atoms with E-state index in [1.54, 1.807) is 0 Å². The summed E-state index contributed by atoms with van der Waals surface area (Å²) in [6.07, 6.45) is 3.70. The van der Waals surface area contributed by atoms with E-state index in [4.69, 9.17) is 0 Å². The molecule has 0 radical (unpaired) electrons. The summed E-state index contributed by atoms with van der Waals surface area (Å²) >= 11 is 3.51. The number of aliphatic hydroxyl groups is 1. The van der Waals surface area contributed by atoms with Crippen molar-refractivity contribution in [3.05, 3.63) is 34.3 Å². The maximum Gasteiger partial charge on any atom is 0.0698 e. The van der Waals surface area contributed by atoms with Gasteiger partial charge in [0.1, 0.15) is 0 Å². The van der Waals surface area contributed by atoms with Crippen LogP contribution in [0.5, 0.6) is 0 Å². The second-order valence-corrected chi connectivity index (χ2v) is 8.81. The predicted molar refractivity (Wildman–Crippen MR) is 84.2 cm³/mol. The molecule has 0 saturated heterocycles. The summed E-state index contributed by atoms with van der Waals surface area (Å²) in [4.78, 5) is 0. The summed E-state index contributed by atoms with van der Waals surface area (Å²) in [7, 11) is 0. The first-order valence-electron chi connectivity index (χ1n) is 7.06. The Morgan fingerprint density at radius 3 is 2.16 bits per heavy atom. The summed E-state index contributed by atoms with van der Waals surface area (Å²) in [6, 6.07) is 8.30. The average molecular weight is 325 g/mol. The van der Waals surface area contributed by atoms with E-state index < -0.39 is 5.60 Å². The van der Waals surface area contributed by atoms with Crippen molar-refractivity contribution in [2.24, 2.45) is 10.8 Å². The first-order chi connectivity index (χ1) is 8.59. The summed E-state index contributed by atoms with van der Waals surface area (Å²) in [5.41, 5.74) is 1.06. The molecule has 0 amide bonds. The highest BCUT2D eigenvalue weighted by atomic mass is 79.9. The molecule has 1 aliphatic carbocycles. The fraction of sp³-hybridized carbons (Fsp3) is 0.647. The monoisotopic (exact) mass is 324 g/mol. The van der Waals surface area contributed by atoms with Crippen LogP contribution in [0, 0.1) is 10.8 Å². The third-order valence-electron chi connectivity index (χ3n) is 3.99. The van der Waals surface area contributed by atoms with Gasteiger partial charge >= 0.3 is 0 Å². The van der Waals surface area contributed by atoms with Gasteiger partial charge in [0.25, 0.3) is 0 Å². The van der Waals surface area contributed by atoms with Gasteiger partial charge in [0.15, 0.2) is 0 Å². The lowest BCUT2D eigenvalue weighted by Crippen LogP contribution is -2.47. The molecule has 0 atom stereocenters. The number of benzene rings is 1. The predicted octanol–water partition coefficient (Wildman–Crippen LogP) is 4.96. The zero-order chi connectivity index (χ0) is 14.3. The molecule has 1 fully saturated rings. The summed E-state index contributed by atoms with van der Waals surface area (Å²) < 4.78 is 1.09. The van der Waals surface area contributed by atoms with Crippen LogP contribution in [0.4, 0.5) is 0 Å². The Kier molecular flexibility index (Phi) is 3.88. The van der Waals surface area contributed by atoms with E-state index in [-0.39, 0.29) is 10.8 Å². The molecule has 1 nitrogen and oxygen atoms in total. The van der Waals surface area contributed by atoms with Gasteiger partial charge in [0.2, 0.25) is 0 Å². The van der Waals surface area contributed by atoms with Crippen LogP contribution in [0.15, 0.2) is 28.7 Å². The van der Waals surface area contributed by atoms with Crippen molar-refractivity contribution in [2.45, 2.75) is 59.0 Å². The molecule has 0 bridgehead atoms. The smallest absolute Gasteiger partial charge is 0.0698 e. The van der Waals surface area contributed by atoms with E-state index in [2.05, 4.69) is 55.8 Å². The molecule has 1 N–H and O–H groups in total. The Morgan fingerprint density at radius 2 is 1.63 bits per heavy atom. The molecule has 0 aliphatic heterocycles. The third-order valence-corrected chi connectivity index (χ3v) is 4.49. The maximum absolute atomic E-state index is 11.1. The van der Waals surface area contributed by atoms with Crippen LogP contribution < -0.4 is 0 Å². The molecule has 0 aromatic heterocycles. The fourth-order valence-electron chi connectivity index (χ4n) is 4.42. The van der Waals surface area contributed by atoms with Crippen molar-refractivity contribution in [3.8, 4) is 0 Å². The second-order valence-electron chi connectivity index (χ2n) is 7.89. The molecule has 2 rings (SSSR count). The van der Waals surface area contributed by atoms with Crippen molar-refractivity contribution >= 4 is 15.9 Å². The van der Waals surface area contributed by atoms with Crippen molar-refractivity contribution in [1.29, 1.82) is 0 Å². The van der Waals surface area contributed by atoms with E-state index in [0.29, 0.717) is 0 Å². The van der Waals surface area contributed by atoms with Crippen LogP contribution >= 0.6 is 15.9 Å². The second kappa shape index (κ2) is 4.89. The van der Waals surface area contributed by atoms with Gasteiger partial charge in [0, 0.05) is 10.9 Å². The highest BCUT2D eigenvalue weighted by Gasteiger charge is 2.46. The number of hydrogen-bond donors (Lipinski definition) is 1. The van der Waals surface area contributed by atoms with Crippen LogP contribution in [0.3, 0.4) is 0 Å². The van der Waals surface area contributed by atoms with Crippen molar-refractivity contribution in [2.75, 3.05) is 0 Å². The number of hydrogen-bond acceptors (Lipinski definition) is 1. The number of rotatable bonds is 2. The van der Waals surface area contributed by atoms with Crippen molar-refractivity contribution in [1.82, 2.24) is 0 Å². The van der Waals surface area contributed by atoms with E-state index in [1.165, 1.54) is 12.0 Å². The zero-order valence-corrected chi connectivity index (χ0v) is 14.0. The van der Waals surface area contributed by atoms with Crippen LogP contribution in [-0.4, -0.2) is 10.7 Å². The SMILES string of the molecule is CC1(C)CC(C)(C)CC(O)(Cc2cccc(Br)c2)C1. The van der Waals surface area contributed by atoms with Gasteiger partial charge in [-0.1, -0.05) is 55.8 Å². The molecule has 0 unspecified atom stereocenters. The highest BCUT2D eigenvalue weighted by molar-refractivity contribution is 9.10. The summed E-state index contributed by atoms with van der Waals surface area (Å²) in [5.74, 6) is 0. The minimum absolute atomic E-state index is 0.211. The topological polar surface area (TPSA) is 20.2 Å². The Labute approximate surface area is 125 Å². The Hall–Kier alpha value is -0.340. The van der Waals surface area contributed by atoms with Crippen LogP contribution in [0.2, 0.25) is 0 Å². The van der Waals surface area contributed by atoms with Gasteiger partial charge in [-0.15, -0.1) is 0 Å². The first kappa shape index (κ1) is 15.1. The molecule has 0 spiro atoms. The standard InChI is InChI=1S/C17H25BrO/c1-15(2)10-16(3,4)12-17(19,11-15)9-13-6-5-7-14(18)8-13/h5-8,19H,9-12H2,1-4H3. The van der Waals surface area contributed by atoms with Gasteiger partial charge in [-0.25, -0.2) is 0 Å². The van der Waals surface area contributed by atoms with Gasteiger partial charge < -0.3 is 5.11 Å². The van der Waals surface area contributed by atoms with Crippen LogP contribution in [0.1, 0.15) is 52.5 Å². The van der Waals surface area contributed by atoms with E-state index >= 15 is 0 Å². The molecular weight excluding hydrogens is 300 g/mol. The van der Waals surface area contributed by atoms with Crippen molar-refractivity contribution < 1.29 is 5.11 Å². The van der Waals surface area contributed by atoms with E-state index in [1.807, 2.05) is 12.1 Å². The van der Waals surface area contributed by atoms with Gasteiger partial charge in [0.05, 0.1) is 5.60 Å². The minimum Gasteiger partial charge on any atom is -0.390 e. The molecule has 106 valence electrons. The van der Waals surface area contributed by atoms with Gasteiger partial charge in [-0.05, 0) is 47.8 Å². The van der Waals surface area contributed by atoms with Gasteiger partial charge in [-0.2, -0.15) is 0 Å².